The number of hydrogen-bond donors (Lipinski definition) is 0. The fourth-order valence-electron chi connectivity index (χ4n) is 3.69. The number of carbonyl (C=O) groups is 3. The molecule has 28 heavy (non-hydrogen) atoms. The van der Waals surface area contributed by atoms with Crippen molar-refractivity contribution in [3.8, 4) is 0 Å². The molecular weight excluding hydrogens is 382 g/mol. The first kappa shape index (κ1) is 18.6. The third-order valence-electron chi connectivity index (χ3n) is 5.25. The van der Waals surface area contributed by atoms with Crippen LogP contribution in [-0.4, -0.2) is 60.2 Å². The summed E-state index contributed by atoms with van der Waals surface area (Å²) in [6, 6.07) is 10.3. The number of amides is 3. The summed E-state index contributed by atoms with van der Waals surface area (Å²) in [6.07, 6.45) is 1.96. The molecule has 0 spiro atoms. The van der Waals surface area contributed by atoms with Crippen LogP contribution in [0.1, 0.15) is 17.0 Å². The molecule has 0 unspecified atom stereocenters. The van der Waals surface area contributed by atoms with Crippen molar-refractivity contribution in [3.05, 3.63) is 53.4 Å². The van der Waals surface area contributed by atoms with Crippen LogP contribution in [0.5, 0.6) is 0 Å². The van der Waals surface area contributed by atoms with Gasteiger partial charge in [0.1, 0.15) is 5.92 Å². The molecule has 3 heterocycles. The minimum absolute atomic E-state index is 0.161. The molecule has 3 amide bonds. The molecule has 2 aliphatic rings. The lowest BCUT2D eigenvalue weighted by atomic mass is 10.1. The third-order valence-corrected chi connectivity index (χ3v) is 5.50. The number of rotatable bonds is 3. The number of piperazine rings is 1. The van der Waals surface area contributed by atoms with Gasteiger partial charge < -0.3 is 19.1 Å². The molecule has 0 saturated carbocycles. The molecule has 0 bridgehead atoms. The molecule has 2 saturated heterocycles. The van der Waals surface area contributed by atoms with Crippen LogP contribution < -0.4 is 4.90 Å². The van der Waals surface area contributed by atoms with Gasteiger partial charge in [0, 0.05) is 43.4 Å². The molecule has 1 atom stereocenters. The van der Waals surface area contributed by atoms with Gasteiger partial charge in [0.15, 0.2) is 5.76 Å². The zero-order chi connectivity index (χ0) is 19.7. The first-order valence-corrected chi connectivity index (χ1v) is 9.61. The van der Waals surface area contributed by atoms with Crippen LogP contribution >= 0.6 is 11.6 Å². The standard InChI is InChI=1S/C20H20ClN3O4/c21-14-3-5-15(6-4-14)24-8-7-16(19(24)26)18(25)22-9-11-23(12-10-22)20(27)17-2-1-13-28-17/h1-6,13,16H,7-12H2/t16-/m1/s1. The monoisotopic (exact) mass is 401 g/mol. The Morgan fingerprint density at radius 1 is 0.964 bits per heavy atom. The lowest BCUT2D eigenvalue weighted by Gasteiger charge is -2.35. The molecule has 1 aromatic carbocycles. The minimum Gasteiger partial charge on any atom is -0.459 e. The summed E-state index contributed by atoms with van der Waals surface area (Å²) in [6.45, 7) is 2.18. The molecule has 1 aromatic heterocycles. The van der Waals surface area contributed by atoms with E-state index in [1.807, 2.05) is 0 Å². The maximum atomic E-state index is 12.9. The molecule has 0 radical (unpaired) electrons. The molecule has 4 rings (SSSR count). The number of carbonyl (C=O) groups excluding carboxylic acids is 3. The number of halogens is 1. The number of anilines is 1. The van der Waals surface area contributed by atoms with Crippen LogP contribution in [0.3, 0.4) is 0 Å². The summed E-state index contributed by atoms with van der Waals surface area (Å²) < 4.78 is 5.15. The highest BCUT2D eigenvalue weighted by Gasteiger charge is 2.40. The lowest BCUT2D eigenvalue weighted by molar-refractivity contribution is -0.141. The summed E-state index contributed by atoms with van der Waals surface area (Å²) in [5, 5.41) is 0.602. The molecule has 7 nitrogen and oxygen atoms in total. The Morgan fingerprint density at radius 2 is 1.64 bits per heavy atom. The Bertz CT molecular complexity index is 873. The van der Waals surface area contributed by atoms with Gasteiger partial charge in [-0.05, 0) is 42.8 Å². The highest BCUT2D eigenvalue weighted by atomic mass is 35.5. The molecule has 146 valence electrons. The highest BCUT2D eigenvalue weighted by molar-refractivity contribution is 6.30. The molecule has 2 aliphatic heterocycles. The summed E-state index contributed by atoms with van der Waals surface area (Å²) in [7, 11) is 0. The van der Waals surface area contributed by atoms with Gasteiger partial charge in [-0.2, -0.15) is 0 Å². The Labute approximate surface area is 167 Å². The molecule has 2 fully saturated rings. The zero-order valence-electron chi connectivity index (χ0n) is 15.2. The summed E-state index contributed by atoms with van der Waals surface area (Å²) in [5.41, 5.74) is 0.749. The molecule has 0 N–H and O–H groups in total. The Balaban J connectivity index is 1.36. The second-order valence-electron chi connectivity index (χ2n) is 6.90. The molecular formula is C20H20ClN3O4. The van der Waals surface area contributed by atoms with Crippen LogP contribution in [0.2, 0.25) is 5.02 Å². The van der Waals surface area contributed by atoms with E-state index in [4.69, 9.17) is 16.0 Å². The van der Waals surface area contributed by atoms with Gasteiger partial charge >= 0.3 is 0 Å². The van der Waals surface area contributed by atoms with Crippen LogP contribution in [0.25, 0.3) is 0 Å². The number of benzene rings is 1. The maximum Gasteiger partial charge on any atom is 0.289 e. The van der Waals surface area contributed by atoms with Crippen molar-refractivity contribution in [2.45, 2.75) is 6.42 Å². The minimum atomic E-state index is -0.664. The Kier molecular flexibility index (Phi) is 5.09. The predicted molar refractivity (Wildman–Crippen MR) is 103 cm³/mol. The fourth-order valence-corrected chi connectivity index (χ4v) is 3.82. The van der Waals surface area contributed by atoms with Gasteiger partial charge in [0.05, 0.1) is 6.26 Å². The smallest absolute Gasteiger partial charge is 0.289 e. The van der Waals surface area contributed by atoms with E-state index in [9.17, 15) is 14.4 Å². The van der Waals surface area contributed by atoms with Crippen LogP contribution in [-0.2, 0) is 9.59 Å². The number of hydrogen-bond acceptors (Lipinski definition) is 4. The van der Waals surface area contributed by atoms with E-state index >= 15 is 0 Å². The SMILES string of the molecule is O=C(c1ccco1)N1CCN(C(=O)[C@H]2CCN(c3ccc(Cl)cc3)C2=O)CC1. The van der Waals surface area contributed by atoms with E-state index in [1.165, 1.54) is 6.26 Å². The van der Waals surface area contributed by atoms with Crippen LogP contribution in [0.15, 0.2) is 47.1 Å². The number of nitrogens with zero attached hydrogens (tertiary/aromatic N) is 3. The second kappa shape index (κ2) is 7.67. The quantitative estimate of drug-likeness (QED) is 0.739. The van der Waals surface area contributed by atoms with E-state index in [1.54, 1.807) is 51.1 Å². The van der Waals surface area contributed by atoms with Crippen molar-refractivity contribution < 1.29 is 18.8 Å². The van der Waals surface area contributed by atoms with Crippen molar-refractivity contribution in [1.82, 2.24) is 9.80 Å². The van der Waals surface area contributed by atoms with E-state index in [-0.39, 0.29) is 17.7 Å². The van der Waals surface area contributed by atoms with Gasteiger partial charge in [-0.1, -0.05) is 11.6 Å². The topological polar surface area (TPSA) is 74.1 Å². The van der Waals surface area contributed by atoms with Gasteiger partial charge in [-0.3, -0.25) is 14.4 Å². The zero-order valence-corrected chi connectivity index (χ0v) is 16.0. The van der Waals surface area contributed by atoms with Crippen molar-refractivity contribution in [3.63, 3.8) is 0 Å². The average Bonchev–Trinajstić information content (AvgIpc) is 3.38. The maximum absolute atomic E-state index is 12.9. The predicted octanol–water partition coefficient (Wildman–Crippen LogP) is 2.27. The fraction of sp³-hybridized carbons (Fsp3) is 0.350. The third kappa shape index (κ3) is 3.49. The normalized spacial score (nSPS) is 20.0. The Hall–Kier alpha value is -2.80. The van der Waals surface area contributed by atoms with Crippen LogP contribution in [0.4, 0.5) is 5.69 Å². The highest BCUT2D eigenvalue weighted by Crippen LogP contribution is 2.28. The lowest BCUT2D eigenvalue weighted by Crippen LogP contribution is -2.52. The summed E-state index contributed by atoms with van der Waals surface area (Å²) in [4.78, 5) is 43.0. The van der Waals surface area contributed by atoms with E-state index in [2.05, 4.69) is 0 Å². The number of furan rings is 1. The average molecular weight is 402 g/mol. The molecule has 2 aromatic rings. The van der Waals surface area contributed by atoms with Gasteiger partial charge in [0.25, 0.3) is 5.91 Å². The summed E-state index contributed by atoms with van der Waals surface area (Å²) >= 11 is 5.90. The van der Waals surface area contributed by atoms with Gasteiger partial charge in [0.2, 0.25) is 11.8 Å². The van der Waals surface area contributed by atoms with Crippen molar-refractivity contribution in [2.24, 2.45) is 5.92 Å². The summed E-state index contributed by atoms with van der Waals surface area (Å²) in [5.74, 6) is -0.886. The first-order chi connectivity index (χ1) is 13.5. The molecule has 8 heteroatoms. The van der Waals surface area contributed by atoms with E-state index in [0.29, 0.717) is 49.9 Å². The second-order valence-corrected chi connectivity index (χ2v) is 7.34. The first-order valence-electron chi connectivity index (χ1n) is 9.23. The van der Waals surface area contributed by atoms with Gasteiger partial charge in [-0.15, -0.1) is 0 Å². The van der Waals surface area contributed by atoms with E-state index in [0.717, 1.165) is 5.69 Å². The van der Waals surface area contributed by atoms with E-state index < -0.39 is 5.92 Å². The van der Waals surface area contributed by atoms with Crippen molar-refractivity contribution in [1.29, 1.82) is 0 Å². The van der Waals surface area contributed by atoms with Gasteiger partial charge in [-0.25, -0.2) is 0 Å². The molecule has 0 aliphatic carbocycles. The largest absolute Gasteiger partial charge is 0.459 e. The Morgan fingerprint density at radius 3 is 2.29 bits per heavy atom. The van der Waals surface area contributed by atoms with Crippen molar-refractivity contribution >= 4 is 35.0 Å². The van der Waals surface area contributed by atoms with Crippen molar-refractivity contribution in [2.75, 3.05) is 37.6 Å². The van der Waals surface area contributed by atoms with Crippen LogP contribution in [0, 0.1) is 5.92 Å².